The summed E-state index contributed by atoms with van der Waals surface area (Å²) in [4.78, 5) is 0. The first-order valence-corrected chi connectivity index (χ1v) is 8.64. The van der Waals surface area contributed by atoms with Crippen LogP contribution in [-0.2, 0) is 18.4 Å². The summed E-state index contributed by atoms with van der Waals surface area (Å²) >= 11 is -0.346. The van der Waals surface area contributed by atoms with E-state index < -0.39 is 0 Å². The normalized spacial score (nSPS) is 12.9. The molecule has 0 unspecified atom stereocenters. The molecule has 0 fully saturated rings. The molecule has 1 aromatic carbocycles. The minimum absolute atomic E-state index is 0.346. The van der Waals surface area contributed by atoms with E-state index in [0.717, 1.165) is 0 Å². The van der Waals surface area contributed by atoms with Crippen molar-refractivity contribution in [2.24, 2.45) is 3.50 Å². The number of nitrogens with zero attached hydrogens (tertiary/aromatic N) is 1. The summed E-state index contributed by atoms with van der Waals surface area (Å²) in [5, 5.41) is 0. The second kappa shape index (κ2) is 6.24. The molecule has 0 saturated carbocycles. The van der Waals surface area contributed by atoms with Gasteiger partial charge in [0.1, 0.15) is 0 Å². The average Bonchev–Trinajstić information content (AvgIpc) is 2.24. The molecule has 0 amide bonds. The van der Waals surface area contributed by atoms with Crippen molar-refractivity contribution in [3.05, 3.63) is 29.3 Å². The van der Waals surface area contributed by atoms with E-state index in [0.29, 0.717) is 15.6 Å². The second-order valence-corrected chi connectivity index (χ2v) is 10.3. The molecule has 18 heavy (non-hydrogen) atoms. The van der Waals surface area contributed by atoms with Crippen LogP contribution in [0.2, 0.25) is 3.80 Å². The molecule has 1 aromatic rings. The summed E-state index contributed by atoms with van der Waals surface area (Å²) in [5.74, 6) is 1.10. The summed E-state index contributed by atoms with van der Waals surface area (Å²) < 4.78 is 5.43. The van der Waals surface area contributed by atoms with Gasteiger partial charge in [0.2, 0.25) is 0 Å². The molecular weight excluding hydrogens is 302 g/mol. The van der Waals surface area contributed by atoms with E-state index in [4.69, 9.17) is 3.50 Å². The zero-order valence-electron chi connectivity index (χ0n) is 12.7. The van der Waals surface area contributed by atoms with Gasteiger partial charge in [0.25, 0.3) is 0 Å². The van der Waals surface area contributed by atoms with Gasteiger partial charge in [-0.15, -0.1) is 0 Å². The quantitative estimate of drug-likeness (QED) is 0.599. The van der Waals surface area contributed by atoms with Gasteiger partial charge < -0.3 is 0 Å². The van der Waals surface area contributed by atoms with Crippen LogP contribution in [0.25, 0.3) is 0 Å². The number of hydrogen-bond acceptors (Lipinski definition) is 1. The average molecular weight is 328 g/mol. The third-order valence-electron chi connectivity index (χ3n) is 2.75. The van der Waals surface area contributed by atoms with Crippen LogP contribution in [0.15, 0.2) is 21.7 Å². The number of hydrogen-bond donors (Lipinski definition) is 0. The van der Waals surface area contributed by atoms with Gasteiger partial charge in [-0.1, -0.05) is 0 Å². The van der Waals surface area contributed by atoms with E-state index in [-0.39, 0.29) is 18.4 Å². The molecule has 0 aliphatic rings. The van der Waals surface area contributed by atoms with Crippen molar-refractivity contribution in [3.8, 4) is 0 Å². The summed E-state index contributed by atoms with van der Waals surface area (Å²) in [7, 11) is 0. The SMILES string of the molecule is CC(C)c1cccc(C(C)C)c1[N]=[Mo][C](C)(C)C. The van der Waals surface area contributed by atoms with E-state index in [1.54, 1.807) is 0 Å². The van der Waals surface area contributed by atoms with Crippen LogP contribution >= 0.6 is 0 Å². The molecule has 0 aliphatic carbocycles. The standard InChI is InChI=1S/C12H17N.C4H9.Mo/c1-8(2)10-6-5-7-11(9(3)4)12(10)13;1-4(2)3;/h5-9H,1-4H3;1-3H3;. The van der Waals surface area contributed by atoms with Crippen LogP contribution < -0.4 is 0 Å². The Morgan fingerprint density at radius 3 is 1.72 bits per heavy atom. The Kier molecular flexibility index (Phi) is 5.46. The summed E-state index contributed by atoms with van der Waals surface area (Å²) in [6.07, 6.45) is 0. The van der Waals surface area contributed by atoms with E-state index in [1.165, 1.54) is 16.8 Å². The number of benzene rings is 1. The monoisotopic (exact) mass is 330 g/mol. The fraction of sp³-hybridized carbons (Fsp3) is 0.625. The molecule has 0 saturated heterocycles. The van der Waals surface area contributed by atoms with Crippen LogP contribution in [0.1, 0.15) is 71.4 Å². The Bertz CT molecular complexity index is 399. The molecule has 1 rings (SSSR count). The first kappa shape index (κ1) is 15.8. The van der Waals surface area contributed by atoms with Gasteiger partial charge in [-0.2, -0.15) is 0 Å². The Hall–Kier alpha value is -0.292. The van der Waals surface area contributed by atoms with Crippen molar-refractivity contribution in [2.45, 2.75) is 64.1 Å². The molecule has 0 aromatic heterocycles. The van der Waals surface area contributed by atoms with Crippen molar-refractivity contribution in [3.63, 3.8) is 0 Å². The zero-order chi connectivity index (χ0) is 13.9. The van der Waals surface area contributed by atoms with E-state index in [9.17, 15) is 0 Å². The van der Waals surface area contributed by atoms with E-state index in [2.05, 4.69) is 66.7 Å². The molecule has 0 spiro atoms. The summed E-state index contributed by atoms with van der Waals surface area (Å²) in [6, 6.07) is 6.66. The molecule has 0 atom stereocenters. The number of rotatable bonds is 3. The van der Waals surface area contributed by atoms with Crippen molar-refractivity contribution in [2.75, 3.05) is 0 Å². The molecular formula is C16H26MoN. The Morgan fingerprint density at radius 1 is 0.944 bits per heavy atom. The van der Waals surface area contributed by atoms with Gasteiger partial charge in [-0.3, -0.25) is 0 Å². The van der Waals surface area contributed by atoms with Gasteiger partial charge in [0, 0.05) is 0 Å². The maximum atomic E-state index is 5.05. The summed E-state index contributed by atoms with van der Waals surface area (Å²) in [5.41, 5.74) is 4.12. The van der Waals surface area contributed by atoms with Crippen LogP contribution in [0.4, 0.5) is 5.69 Å². The Labute approximate surface area is 121 Å². The molecule has 0 radical (unpaired) electrons. The fourth-order valence-electron chi connectivity index (χ4n) is 1.80. The summed E-state index contributed by atoms with van der Waals surface area (Å²) in [6.45, 7) is 15.9. The first-order chi connectivity index (χ1) is 8.22. The fourth-order valence-corrected chi connectivity index (χ4v) is 3.22. The first-order valence-electron chi connectivity index (χ1n) is 6.74. The maximum absolute atomic E-state index is 5.05. The topological polar surface area (TPSA) is 12.4 Å². The van der Waals surface area contributed by atoms with Gasteiger partial charge in [-0.05, 0) is 0 Å². The molecule has 0 heterocycles. The molecule has 0 bridgehead atoms. The van der Waals surface area contributed by atoms with E-state index >= 15 is 0 Å². The molecule has 101 valence electrons. The van der Waals surface area contributed by atoms with Crippen LogP contribution in [0.5, 0.6) is 0 Å². The third-order valence-corrected chi connectivity index (χ3v) is 4.77. The van der Waals surface area contributed by atoms with Crippen molar-refractivity contribution < 1.29 is 18.4 Å². The Morgan fingerprint density at radius 2 is 1.39 bits per heavy atom. The Balaban J connectivity index is 3.32. The van der Waals surface area contributed by atoms with Gasteiger partial charge >= 0.3 is 121 Å². The van der Waals surface area contributed by atoms with Crippen LogP contribution in [0.3, 0.4) is 0 Å². The van der Waals surface area contributed by atoms with E-state index in [1.807, 2.05) is 0 Å². The second-order valence-electron chi connectivity index (χ2n) is 6.39. The van der Waals surface area contributed by atoms with Gasteiger partial charge in [0.15, 0.2) is 0 Å². The third kappa shape index (κ3) is 4.43. The molecule has 2 heteroatoms. The zero-order valence-corrected chi connectivity index (χ0v) is 14.7. The van der Waals surface area contributed by atoms with Crippen LogP contribution in [-0.4, -0.2) is 0 Å². The van der Waals surface area contributed by atoms with Crippen molar-refractivity contribution in [1.82, 2.24) is 0 Å². The predicted octanol–water partition coefficient (Wildman–Crippen LogP) is 6.05. The van der Waals surface area contributed by atoms with Crippen LogP contribution in [0, 0.1) is 0 Å². The molecule has 0 N–H and O–H groups in total. The molecule has 1 nitrogen and oxygen atoms in total. The molecule has 0 aliphatic heterocycles. The van der Waals surface area contributed by atoms with Crippen molar-refractivity contribution >= 4 is 5.69 Å². The van der Waals surface area contributed by atoms with Crippen molar-refractivity contribution in [1.29, 1.82) is 0 Å². The van der Waals surface area contributed by atoms with Gasteiger partial charge in [-0.25, -0.2) is 0 Å². The van der Waals surface area contributed by atoms with Gasteiger partial charge in [0.05, 0.1) is 0 Å². The minimum atomic E-state index is -0.346. The predicted molar refractivity (Wildman–Crippen MR) is 76.4 cm³/mol.